The van der Waals surface area contributed by atoms with Gasteiger partial charge in [-0.2, -0.15) is 0 Å². The zero-order valence-electron chi connectivity index (χ0n) is 13.1. The summed E-state index contributed by atoms with van der Waals surface area (Å²) in [7, 11) is 0. The third-order valence-corrected chi connectivity index (χ3v) is 2.59. The van der Waals surface area contributed by atoms with Crippen molar-refractivity contribution >= 4 is 0 Å². The van der Waals surface area contributed by atoms with Crippen molar-refractivity contribution < 1.29 is 19.3 Å². The summed E-state index contributed by atoms with van der Waals surface area (Å²) in [6.07, 6.45) is -0.278. The molecule has 0 aliphatic heterocycles. The van der Waals surface area contributed by atoms with Gasteiger partial charge in [0.1, 0.15) is 18.1 Å². The van der Waals surface area contributed by atoms with Crippen LogP contribution in [-0.2, 0) is 9.47 Å². The van der Waals surface area contributed by atoms with Crippen LogP contribution >= 0.6 is 0 Å². The maximum atomic E-state index is 8.63. The number of ether oxygens (including phenoxy) is 3. The summed E-state index contributed by atoms with van der Waals surface area (Å²) in [5, 5.41) is 8.63. The fourth-order valence-electron chi connectivity index (χ4n) is 1.63. The molecule has 2 aromatic rings. The maximum Gasteiger partial charge on any atom is 0.191 e. The standard InChI is InChI=1S/C12H18O3.C6H6O/c1-3-13-12(14-4-2)10-15-11-8-6-5-7-9-11;7-6-4-2-1-3-5-6/h5-9,12H,3-4,10H2,1-2H3;1-5,7H. The second-order valence-electron chi connectivity index (χ2n) is 4.30. The van der Waals surface area contributed by atoms with Gasteiger partial charge in [-0.1, -0.05) is 36.4 Å². The first-order chi connectivity index (χ1) is 10.8. The second-order valence-corrected chi connectivity index (χ2v) is 4.30. The molecule has 0 saturated carbocycles. The molecule has 0 aromatic heterocycles. The molecule has 0 radical (unpaired) electrons. The van der Waals surface area contributed by atoms with Crippen molar-refractivity contribution in [2.45, 2.75) is 20.1 Å². The summed E-state index contributed by atoms with van der Waals surface area (Å²) in [5.74, 6) is 1.16. The Morgan fingerprint density at radius 3 is 1.73 bits per heavy atom. The Bertz CT molecular complexity index is 467. The van der Waals surface area contributed by atoms with E-state index in [9.17, 15) is 0 Å². The molecule has 0 spiro atoms. The lowest BCUT2D eigenvalue weighted by atomic mass is 10.3. The fraction of sp³-hybridized carbons (Fsp3) is 0.333. The number of phenols is 1. The van der Waals surface area contributed by atoms with Crippen LogP contribution in [0.25, 0.3) is 0 Å². The lowest BCUT2D eigenvalue weighted by Crippen LogP contribution is -2.25. The molecule has 0 amide bonds. The molecule has 4 heteroatoms. The van der Waals surface area contributed by atoms with Crippen LogP contribution in [0.1, 0.15) is 13.8 Å². The molecule has 0 unspecified atom stereocenters. The molecule has 0 aliphatic carbocycles. The van der Waals surface area contributed by atoms with Gasteiger partial charge in [-0.05, 0) is 38.1 Å². The first kappa shape index (κ1) is 18.0. The van der Waals surface area contributed by atoms with Crippen LogP contribution in [0, 0.1) is 0 Å². The van der Waals surface area contributed by atoms with E-state index in [1.54, 1.807) is 24.3 Å². The molecule has 22 heavy (non-hydrogen) atoms. The Morgan fingerprint density at radius 2 is 1.32 bits per heavy atom. The highest BCUT2D eigenvalue weighted by molar-refractivity contribution is 5.20. The van der Waals surface area contributed by atoms with E-state index < -0.39 is 0 Å². The summed E-state index contributed by atoms with van der Waals surface area (Å²) >= 11 is 0. The van der Waals surface area contributed by atoms with Crippen molar-refractivity contribution in [3.05, 3.63) is 60.7 Å². The molecule has 0 bridgehead atoms. The van der Waals surface area contributed by atoms with Gasteiger partial charge in [0.25, 0.3) is 0 Å². The van der Waals surface area contributed by atoms with E-state index in [2.05, 4.69) is 0 Å². The van der Waals surface area contributed by atoms with Gasteiger partial charge >= 0.3 is 0 Å². The Hall–Kier alpha value is -2.04. The number of aromatic hydroxyl groups is 1. The number of hydrogen-bond donors (Lipinski definition) is 1. The average molecular weight is 304 g/mol. The summed E-state index contributed by atoms with van der Waals surface area (Å²) < 4.78 is 16.2. The maximum absolute atomic E-state index is 8.63. The zero-order chi connectivity index (χ0) is 16.0. The van der Waals surface area contributed by atoms with Gasteiger partial charge in [-0.15, -0.1) is 0 Å². The minimum atomic E-state index is -0.278. The Labute approximate surface area is 132 Å². The third-order valence-electron chi connectivity index (χ3n) is 2.59. The quantitative estimate of drug-likeness (QED) is 0.789. The van der Waals surface area contributed by atoms with Gasteiger partial charge in [0.05, 0.1) is 0 Å². The molecule has 0 atom stereocenters. The molecule has 120 valence electrons. The van der Waals surface area contributed by atoms with E-state index in [1.807, 2.05) is 50.2 Å². The third kappa shape index (κ3) is 8.29. The normalized spacial score (nSPS) is 9.95. The highest BCUT2D eigenvalue weighted by atomic mass is 16.7. The van der Waals surface area contributed by atoms with Gasteiger partial charge in [0.2, 0.25) is 0 Å². The molecule has 4 nitrogen and oxygen atoms in total. The lowest BCUT2D eigenvalue weighted by molar-refractivity contribution is -0.152. The first-order valence-corrected chi connectivity index (χ1v) is 7.41. The van der Waals surface area contributed by atoms with Crippen molar-refractivity contribution in [1.82, 2.24) is 0 Å². The van der Waals surface area contributed by atoms with Crippen LogP contribution < -0.4 is 4.74 Å². The van der Waals surface area contributed by atoms with E-state index in [4.69, 9.17) is 19.3 Å². The molecule has 2 rings (SSSR count). The van der Waals surface area contributed by atoms with Gasteiger partial charge < -0.3 is 19.3 Å². The first-order valence-electron chi connectivity index (χ1n) is 7.41. The van der Waals surface area contributed by atoms with Crippen LogP contribution in [0.2, 0.25) is 0 Å². The van der Waals surface area contributed by atoms with E-state index in [1.165, 1.54) is 0 Å². The van der Waals surface area contributed by atoms with E-state index in [0.29, 0.717) is 25.6 Å². The van der Waals surface area contributed by atoms with Crippen LogP contribution in [-0.4, -0.2) is 31.2 Å². The van der Waals surface area contributed by atoms with E-state index in [-0.39, 0.29) is 6.29 Å². The number of benzene rings is 2. The average Bonchev–Trinajstić information content (AvgIpc) is 2.55. The molecule has 2 aromatic carbocycles. The molecule has 0 heterocycles. The highest BCUT2D eigenvalue weighted by Crippen LogP contribution is 2.09. The van der Waals surface area contributed by atoms with Crippen molar-refractivity contribution in [1.29, 1.82) is 0 Å². The van der Waals surface area contributed by atoms with Crippen LogP contribution in [0.3, 0.4) is 0 Å². The summed E-state index contributed by atoms with van der Waals surface area (Å²) in [5.41, 5.74) is 0. The number of rotatable bonds is 7. The molecule has 0 saturated heterocycles. The van der Waals surface area contributed by atoms with Crippen LogP contribution in [0.15, 0.2) is 60.7 Å². The predicted octanol–water partition coefficient (Wildman–Crippen LogP) is 3.86. The molecule has 0 aliphatic rings. The Balaban J connectivity index is 0.000000287. The monoisotopic (exact) mass is 304 g/mol. The highest BCUT2D eigenvalue weighted by Gasteiger charge is 2.08. The Kier molecular flexibility index (Phi) is 9.50. The lowest BCUT2D eigenvalue weighted by Gasteiger charge is -2.17. The van der Waals surface area contributed by atoms with Gasteiger partial charge in [0, 0.05) is 13.2 Å². The summed E-state index contributed by atoms with van der Waals surface area (Å²) in [4.78, 5) is 0. The largest absolute Gasteiger partial charge is 0.508 e. The topological polar surface area (TPSA) is 47.9 Å². The SMILES string of the molecule is CCOC(COc1ccccc1)OCC.Oc1ccccc1. The number of phenolic OH excluding ortho intramolecular Hbond substituents is 1. The zero-order valence-corrected chi connectivity index (χ0v) is 13.1. The predicted molar refractivity (Wildman–Crippen MR) is 87.1 cm³/mol. The summed E-state index contributed by atoms with van der Waals surface area (Å²) in [6.45, 7) is 5.56. The second kappa shape index (κ2) is 11.6. The minimum Gasteiger partial charge on any atom is -0.508 e. The van der Waals surface area contributed by atoms with Gasteiger partial charge in [-0.25, -0.2) is 0 Å². The van der Waals surface area contributed by atoms with Crippen molar-refractivity contribution in [2.75, 3.05) is 19.8 Å². The van der Waals surface area contributed by atoms with Crippen molar-refractivity contribution in [3.8, 4) is 11.5 Å². The fourth-order valence-corrected chi connectivity index (χ4v) is 1.63. The Morgan fingerprint density at radius 1 is 0.818 bits per heavy atom. The van der Waals surface area contributed by atoms with Crippen LogP contribution in [0.4, 0.5) is 0 Å². The van der Waals surface area contributed by atoms with Gasteiger partial charge in [-0.3, -0.25) is 0 Å². The van der Waals surface area contributed by atoms with E-state index >= 15 is 0 Å². The van der Waals surface area contributed by atoms with Gasteiger partial charge in [0.15, 0.2) is 6.29 Å². The smallest absolute Gasteiger partial charge is 0.191 e. The number of para-hydroxylation sites is 2. The molecule has 1 N–H and O–H groups in total. The summed E-state index contributed by atoms with van der Waals surface area (Å²) in [6, 6.07) is 18.4. The molecule has 0 fully saturated rings. The molecular weight excluding hydrogens is 280 g/mol. The van der Waals surface area contributed by atoms with Crippen molar-refractivity contribution in [3.63, 3.8) is 0 Å². The van der Waals surface area contributed by atoms with E-state index in [0.717, 1.165) is 5.75 Å². The van der Waals surface area contributed by atoms with Crippen molar-refractivity contribution in [2.24, 2.45) is 0 Å². The number of hydrogen-bond acceptors (Lipinski definition) is 4. The molecular formula is C18H24O4. The minimum absolute atomic E-state index is 0.278. The van der Waals surface area contributed by atoms with Crippen LogP contribution in [0.5, 0.6) is 11.5 Å².